The van der Waals surface area contributed by atoms with Gasteiger partial charge < -0.3 is 0 Å². The number of rotatable bonds is 6. The SMILES string of the molecule is [CH]=CCCCBCc1ccccc1. The minimum atomic E-state index is 1.05. The smallest absolute Gasteiger partial charge is 0.0846 e. The van der Waals surface area contributed by atoms with Gasteiger partial charge >= 0.3 is 0 Å². The fourth-order valence-electron chi connectivity index (χ4n) is 1.41. The van der Waals surface area contributed by atoms with Crippen molar-refractivity contribution in [3.8, 4) is 0 Å². The Kier molecular flexibility index (Phi) is 5.08. The molecule has 0 bridgehead atoms. The molecule has 1 rings (SSSR count). The molecule has 0 amide bonds. The van der Waals surface area contributed by atoms with Crippen LogP contribution < -0.4 is 0 Å². The van der Waals surface area contributed by atoms with E-state index in [9.17, 15) is 0 Å². The molecule has 0 aromatic heterocycles. The van der Waals surface area contributed by atoms with Crippen LogP contribution >= 0.6 is 0 Å². The molecule has 1 aromatic rings. The Hall–Kier alpha value is -0.975. The molecule has 0 spiro atoms. The molecule has 0 saturated carbocycles. The van der Waals surface area contributed by atoms with Gasteiger partial charge in [-0.3, -0.25) is 0 Å². The van der Waals surface area contributed by atoms with Gasteiger partial charge in [-0.2, -0.15) is 0 Å². The molecular formula is C12H16B. The van der Waals surface area contributed by atoms with Gasteiger partial charge in [0.15, 0.2) is 0 Å². The van der Waals surface area contributed by atoms with Gasteiger partial charge in [0.1, 0.15) is 7.28 Å². The molecule has 1 aromatic carbocycles. The minimum absolute atomic E-state index is 1.05. The highest BCUT2D eigenvalue weighted by atomic mass is 13.9. The second-order valence-electron chi connectivity index (χ2n) is 3.32. The fourth-order valence-corrected chi connectivity index (χ4v) is 1.41. The van der Waals surface area contributed by atoms with Crippen LogP contribution in [0.2, 0.25) is 6.32 Å². The Morgan fingerprint density at radius 1 is 1.23 bits per heavy atom. The van der Waals surface area contributed by atoms with Crippen molar-refractivity contribution in [2.45, 2.75) is 25.5 Å². The largest absolute Gasteiger partial charge is 0.125 e. The predicted molar refractivity (Wildman–Crippen MR) is 60.2 cm³/mol. The zero-order valence-electron chi connectivity index (χ0n) is 8.08. The third kappa shape index (κ3) is 4.57. The van der Waals surface area contributed by atoms with Crippen molar-refractivity contribution >= 4 is 7.28 Å². The zero-order chi connectivity index (χ0) is 9.36. The first-order valence-corrected chi connectivity index (χ1v) is 5.01. The molecule has 0 atom stereocenters. The van der Waals surface area contributed by atoms with Crippen molar-refractivity contribution < 1.29 is 0 Å². The lowest BCUT2D eigenvalue weighted by Crippen LogP contribution is -1.95. The third-order valence-corrected chi connectivity index (χ3v) is 2.18. The highest BCUT2D eigenvalue weighted by Crippen LogP contribution is 2.02. The molecule has 0 nitrogen and oxygen atoms in total. The Morgan fingerprint density at radius 3 is 2.69 bits per heavy atom. The van der Waals surface area contributed by atoms with Crippen molar-refractivity contribution in [3.05, 3.63) is 48.6 Å². The van der Waals surface area contributed by atoms with Crippen LogP contribution in [0.4, 0.5) is 0 Å². The van der Waals surface area contributed by atoms with Crippen molar-refractivity contribution in [3.63, 3.8) is 0 Å². The summed E-state index contributed by atoms with van der Waals surface area (Å²) in [5, 5.41) is 0. The van der Waals surface area contributed by atoms with E-state index in [1.165, 1.54) is 31.9 Å². The number of unbranched alkanes of at least 4 members (excludes halogenated alkanes) is 1. The van der Waals surface area contributed by atoms with E-state index in [4.69, 9.17) is 6.58 Å². The quantitative estimate of drug-likeness (QED) is 0.456. The van der Waals surface area contributed by atoms with Crippen molar-refractivity contribution in [2.24, 2.45) is 0 Å². The molecule has 0 heterocycles. The Bertz CT molecular complexity index is 228. The molecule has 0 fully saturated rings. The highest BCUT2D eigenvalue weighted by Gasteiger charge is 1.93. The Labute approximate surface area is 81.9 Å². The average molecular weight is 171 g/mol. The van der Waals surface area contributed by atoms with Crippen LogP contribution in [0, 0.1) is 6.58 Å². The van der Waals surface area contributed by atoms with Gasteiger partial charge in [-0.05, 0) is 6.42 Å². The van der Waals surface area contributed by atoms with Gasteiger partial charge in [0, 0.05) is 0 Å². The minimum Gasteiger partial charge on any atom is -0.0846 e. The first-order chi connectivity index (χ1) is 6.43. The normalized spacial score (nSPS) is 9.54. The summed E-state index contributed by atoms with van der Waals surface area (Å²) in [6.45, 7) is 5.30. The van der Waals surface area contributed by atoms with Crippen LogP contribution in [0.3, 0.4) is 0 Å². The van der Waals surface area contributed by atoms with Crippen LogP contribution in [0.5, 0.6) is 0 Å². The fraction of sp³-hybridized carbons (Fsp3) is 0.333. The zero-order valence-corrected chi connectivity index (χ0v) is 8.08. The predicted octanol–water partition coefficient (Wildman–Crippen LogP) is 2.81. The van der Waals surface area contributed by atoms with E-state index in [0.717, 1.165) is 6.42 Å². The van der Waals surface area contributed by atoms with Crippen molar-refractivity contribution in [1.82, 2.24) is 0 Å². The summed E-state index contributed by atoms with van der Waals surface area (Å²) < 4.78 is 0. The van der Waals surface area contributed by atoms with E-state index in [1.54, 1.807) is 6.08 Å². The lowest BCUT2D eigenvalue weighted by molar-refractivity contribution is 0.947. The van der Waals surface area contributed by atoms with Gasteiger partial charge in [0.25, 0.3) is 0 Å². The van der Waals surface area contributed by atoms with E-state index in [1.807, 2.05) is 0 Å². The molecule has 0 aliphatic rings. The van der Waals surface area contributed by atoms with E-state index >= 15 is 0 Å². The summed E-state index contributed by atoms with van der Waals surface area (Å²) in [4.78, 5) is 0. The number of allylic oxidation sites excluding steroid dienone is 1. The standard InChI is InChI=1S/C12H16B/c1-2-3-7-10-13-11-12-8-5-4-6-9-12/h1-2,4-6,8-9,13H,3,7,10-11H2. The van der Waals surface area contributed by atoms with Crippen molar-refractivity contribution in [1.29, 1.82) is 0 Å². The summed E-state index contributed by atoms with van der Waals surface area (Å²) in [6, 6.07) is 10.6. The van der Waals surface area contributed by atoms with Gasteiger partial charge in [-0.1, -0.05) is 67.6 Å². The van der Waals surface area contributed by atoms with Crippen LogP contribution in [-0.4, -0.2) is 7.28 Å². The molecule has 0 aliphatic carbocycles. The van der Waals surface area contributed by atoms with Crippen molar-refractivity contribution in [2.75, 3.05) is 0 Å². The maximum atomic E-state index is 5.30. The maximum absolute atomic E-state index is 5.30. The lowest BCUT2D eigenvalue weighted by atomic mass is 9.67. The van der Waals surface area contributed by atoms with Crippen LogP contribution in [0.25, 0.3) is 0 Å². The van der Waals surface area contributed by atoms with E-state index in [2.05, 4.69) is 30.3 Å². The molecule has 67 valence electrons. The van der Waals surface area contributed by atoms with Gasteiger partial charge in [-0.15, -0.1) is 0 Å². The molecule has 13 heavy (non-hydrogen) atoms. The average Bonchev–Trinajstić information content (AvgIpc) is 2.19. The molecule has 1 heteroatoms. The Balaban J connectivity index is 2.10. The monoisotopic (exact) mass is 171 g/mol. The first kappa shape index (κ1) is 10.1. The molecule has 0 N–H and O–H groups in total. The molecule has 1 radical (unpaired) electrons. The summed E-state index contributed by atoms with van der Waals surface area (Å²) in [6.07, 6.45) is 6.51. The molecule has 0 aliphatic heterocycles. The number of hydrogen-bond acceptors (Lipinski definition) is 0. The topological polar surface area (TPSA) is 0 Å². The summed E-state index contributed by atoms with van der Waals surface area (Å²) in [7, 11) is 1.28. The summed E-state index contributed by atoms with van der Waals surface area (Å²) in [5.74, 6) is 0. The van der Waals surface area contributed by atoms with E-state index in [0.29, 0.717) is 0 Å². The molecule has 0 saturated heterocycles. The number of hydrogen-bond donors (Lipinski definition) is 0. The third-order valence-electron chi connectivity index (χ3n) is 2.18. The lowest BCUT2D eigenvalue weighted by Gasteiger charge is -1.98. The maximum Gasteiger partial charge on any atom is 0.125 e. The van der Waals surface area contributed by atoms with Crippen LogP contribution in [-0.2, 0) is 6.32 Å². The molecular weight excluding hydrogens is 155 g/mol. The van der Waals surface area contributed by atoms with Crippen LogP contribution in [0.15, 0.2) is 36.4 Å². The van der Waals surface area contributed by atoms with Gasteiger partial charge in [0.05, 0.1) is 0 Å². The first-order valence-electron chi connectivity index (χ1n) is 5.01. The van der Waals surface area contributed by atoms with Crippen LogP contribution in [0.1, 0.15) is 18.4 Å². The molecule has 0 unspecified atom stereocenters. The second-order valence-corrected chi connectivity index (χ2v) is 3.32. The Morgan fingerprint density at radius 2 is 2.00 bits per heavy atom. The second kappa shape index (κ2) is 6.53. The summed E-state index contributed by atoms with van der Waals surface area (Å²) >= 11 is 0. The number of benzene rings is 1. The van der Waals surface area contributed by atoms with Gasteiger partial charge in [0.2, 0.25) is 0 Å². The van der Waals surface area contributed by atoms with E-state index in [-0.39, 0.29) is 0 Å². The van der Waals surface area contributed by atoms with E-state index < -0.39 is 0 Å². The highest BCUT2D eigenvalue weighted by molar-refractivity contribution is 6.34. The van der Waals surface area contributed by atoms with Gasteiger partial charge in [-0.25, -0.2) is 0 Å². The summed E-state index contributed by atoms with van der Waals surface area (Å²) in [5.41, 5.74) is 1.44.